The SMILES string of the molecule is CCCCCCCCCCCCCCOc1ccc(C(=O)Oc2ccc(OC(=O)CCCCCCC(=O)Oc3ccc(OC(=O)c4ccc(OCCCCCCCCCCCCCC)cc4)cc3)cc2)cc1. The van der Waals surface area contributed by atoms with Crippen molar-refractivity contribution in [1.29, 1.82) is 0 Å². The van der Waals surface area contributed by atoms with E-state index in [0.717, 1.165) is 50.0 Å². The van der Waals surface area contributed by atoms with Gasteiger partial charge in [-0.1, -0.05) is 168 Å². The molecular formula is C62H86O10. The summed E-state index contributed by atoms with van der Waals surface area (Å²) in [4.78, 5) is 50.4. The number of carbonyl (C=O) groups is 4. The van der Waals surface area contributed by atoms with E-state index in [1.807, 2.05) is 0 Å². The van der Waals surface area contributed by atoms with Crippen molar-refractivity contribution >= 4 is 23.9 Å². The van der Waals surface area contributed by atoms with Crippen molar-refractivity contribution in [3.8, 4) is 34.5 Å². The van der Waals surface area contributed by atoms with Crippen LogP contribution in [-0.2, 0) is 9.59 Å². The van der Waals surface area contributed by atoms with Crippen LogP contribution in [0.4, 0.5) is 0 Å². The summed E-state index contributed by atoms with van der Waals surface area (Å²) in [5.74, 6) is 1.15. The van der Waals surface area contributed by atoms with E-state index in [-0.39, 0.29) is 24.8 Å². The van der Waals surface area contributed by atoms with Crippen molar-refractivity contribution in [3.05, 3.63) is 108 Å². The van der Waals surface area contributed by atoms with Crippen LogP contribution in [0.3, 0.4) is 0 Å². The molecule has 0 aromatic heterocycles. The Bertz CT molecular complexity index is 1890. The van der Waals surface area contributed by atoms with Gasteiger partial charge in [-0.2, -0.15) is 0 Å². The van der Waals surface area contributed by atoms with Crippen LogP contribution in [-0.4, -0.2) is 37.1 Å². The maximum absolute atomic E-state index is 12.7. The number of carbonyl (C=O) groups excluding carboxylic acids is 4. The second-order valence-corrected chi connectivity index (χ2v) is 19.1. The van der Waals surface area contributed by atoms with Gasteiger partial charge in [-0.25, -0.2) is 9.59 Å². The zero-order chi connectivity index (χ0) is 51.1. The first-order chi connectivity index (χ1) is 35.3. The van der Waals surface area contributed by atoms with E-state index in [9.17, 15) is 19.2 Å². The quantitative estimate of drug-likeness (QED) is 0.0241. The molecule has 0 amide bonds. The Morgan fingerprint density at radius 1 is 0.278 bits per heavy atom. The zero-order valence-electron chi connectivity index (χ0n) is 43.9. The molecule has 0 bridgehead atoms. The molecule has 0 fully saturated rings. The molecule has 0 heterocycles. The van der Waals surface area contributed by atoms with E-state index in [1.54, 1.807) is 97.1 Å². The predicted octanol–water partition coefficient (Wildman–Crippen LogP) is 17.1. The van der Waals surface area contributed by atoms with Crippen molar-refractivity contribution in [2.75, 3.05) is 13.2 Å². The minimum absolute atomic E-state index is 0.233. The average Bonchev–Trinajstić information content (AvgIpc) is 3.39. The van der Waals surface area contributed by atoms with Gasteiger partial charge < -0.3 is 28.4 Å². The lowest BCUT2D eigenvalue weighted by molar-refractivity contribution is -0.135. The Labute approximate surface area is 432 Å². The van der Waals surface area contributed by atoms with Crippen molar-refractivity contribution < 1.29 is 47.6 Å². The van der Waals surface area contributed by atoms with Crippen LogP contribution in [0.15, 0.2) is 97.1 Å². The molecule has 0 atom stereocenters. The van der Waals surface area contributed by atoms with Crippen LogP contribution in [0.5, 0.6) is 34.5 Å². The lowest BCUT2D eigenvalue weighted by atomic mass is 10.1. The van der Waals surface area contributed by atoms with Crippen molar-refractivity contribution in [1.82, 2.24) is 0 Å². The molecule has 4 aromatic carbocycles. The van der Waals surface area contributed by atoms with Crippen LogP contribution in [0.25, 0.3) is 0 Å². The third-order valence-electron chi connectivity index (χ3n) is 12.8. The molecule has 10 heteroatoms. The van der Waals surface area contributed by atoms with Crippen LogP contribution in [0.1, 0.15) is 227 Å². The molecule has 0 unspecified atom stereocenters. The van der Waals surface area contributed by atoms with Gasteiger partial charge in [-0.3, -0.25) is 9.59 Å². The Morgan fingerprint density at radius 2 is 0.514 bits per heavy atom. The molecule has 4 aromatic rings. The Hall–Kier alpha value is -5.64. The summed E-state index contributed by atoms with van der Waals surface area (Å²) < 4.78 is 33.7. The van der Waals surface area contributed by atoms with Gasteiger partial charge in [-0.05, 0) is 123 Å². The predicted molar refractivity (Wildman–Crippen MR) is 288 cm³/mol. The highest BCUT2D eigenvalue weighted by molar-refractivity contribution is 5.91. The van der Waals surface area contributed by atoms with Crippen LogP contribution in [0, 0.1) is 0 Å². The number of benzene rings is 4. The summed E-state index contributed by atoms with van der Waals surface area (Å²) in [6.07, 6.45) is 34.4. The van der Waals surface area contributed by atoms with Gasteiger partial charge >= 0.3 is 23.9 Å². The summed E-state index contributed by atoms with van der Waals surface area (Å²) in [7, 11) is 0. The highest BCUT2D eigenvalue weighted by Gasteiger charge is 2.13. The van der Waals surface area contributed by atoms with Gasteiger partial charge in [0.1, 0.15) is 34.5 Å². The summed E-state index contributed by atoms with van der Waals surface area (Å²) in [5, 5.41) is 0. The maximum Gasteiger partial charge on any atom is 0.343 e. The van der Waals surface area contributed by atoms with Crippen molar-refractivity contribution in [2.24, 2.45) is 0 Å². The summed E-state index contributed by atoms with van der Waals surface area (Å²) in [6, 6.07) is 26.7. The molecule has 0 N–H and O–H groups in total. The molecule has 0 saturated carbocycles. The first-order valence-electron chi connectivity index (χ1n) is 27.8. The molecule has 0 spiro atoms. The van der Waals surface area contributed by atoms with Crippen LogP contribution >= 0.6 is 0 Å². The summed E-state index contributed by atoms with van der Waals surface area (Å²) >= 11 is 0. The fourth-order valence-corrected chi connectivity index (χ4v) is 8.38. The normalized spacial score (nSPS) is 11.0. The number of unbranched alkanes of at least 4 members (excludes halogenated alkanes) is 25. The zero-order valence-corrected chi connectivity index (χ0v) is 43.9. The summed E-state index contributed by atoms with van der Waals surface area (Å²) in [5.41, 5.74) is 0.824. The molecule has 10 nitrogen and oxygen atoms in total. The Morgan fingerprint density at radius 3 is 0.806 bits per heavy atom. The number of ether oxygens (including phenoxy) is 6. The molecule has 394 valence electrons. The lowest BCUT2D eigenvalue weighted by Crippen LogP contribution is -2.10. The number of hydrogen-bond donors (Lipinski definition) is 0. The third-order valence-corrected chi connectivity index (χ3v) is 12.8. The lowest BCUT2D eigenvalue weighted by Gasteiger charge is -2.09. The molecular weight excluding hydrogens is 905 g/mol. The van der Waals surface area contributed by atoms with Gasteiger partial charge in [0.05, 0.1) is 24.3 Å². The van der Waals surface area contributed by atoms with E-state index in [2.05, 4.69) is 13.8 Å². The van der Waals surface area contributed by atoms with E-state index >= 15 is 0 Å². The third kappa shape index (κ3) is 27.3. The molecule has 0 aliphatic carbocycles. The molecule has 0 saturated heterocycles. The fraction of sp³-hybridized carbons (Fsp3) is 0.548. The number of hydrogen-bond acceptors (Lipinski definition) is 10. The topological polar surface area (TPSA) is 124 Å². The minimum atomic E-state index is -0.488. The van der Waals surface area contributed by atoms with Gasteiger partial charge in [0, 0.05) is 12.8 Å². The second kappa shape index (κ2) is 38.0. The fourth-order valence-electron chi connectivity index (χ4n) is 8.38. The Kier molecular flexibility index (Phi) is 31.1. The van der Waals surface area contributed by atoms with Gasteiger partial charge in [0.15, 0.2) is 0 Å². The standard InChI is InChI=1S/C62H86O10/c1-3-5-7-9-11-13-15-17-19-21-25-29-49-67-53-37-33-51(34-38-53)61(65)71-57-45-41-55(42-46-57)69-59(63)31-27-23-24-28-32-60(64)70-56-43-47-58(48-44-56)72-62(66)52-35-39-54(40-36-52)68-50-30-26-22-20-18-16-14-12-10-8-6-4-2/h33-48H,3-32,49-50H2,1-2H3. The molecule has 0 radical (unpaired) electrons. The van der Waals surface area contributed by atoms with E-state index in [0.29, 0.717) is 60.2 Å². The monoisotopic (exact) mass is 991 g/mol. The Balaban J connectivity index is 0.976. The maximum atomic E-state index is 12.7. The van der Waals surface area contributed by atoms with Crippen LogP contribution in [0.2, 0.25) is 0 Å². The minimum Gasteiger partial charge on any atom is -0.494 e. The molecule has 0 aliphatic rings. The second-order valence-electron chi connectivity index (χ2n) is 19.1. The highest BCUT2D eigenvalue weighted by atomic mass is 16.5. The first kappa shape index (κ1) is 58.9. The first-order valence-corrected chi connectivity index (χ1v) is 27.8. The van der Waals surface area contributed by atoms with Crippen LogP contribution < -0.4 is 28.4 Å². The largest absolute Gasteiger partial charge is 0.494 e. The number of rotatable bonds is 41. The molecule has 0 aliphatic heterocycles. The highest BCUT2D eigenvalue weighted by Crippen LogP contribution is 2.23. The summed E-state index contributed by atoms with van der Waals surface area (Å²) in [6.45, 7) is 5.84. The van der Waals surface area contributed by atoms with Crippen molar-refractivity contribution in [3.63, 3.8) is 0 Å². The molecule has 4 rings (SSSR count). The number of esters is 4. The smallest absolute Gasteiger partial charge is 0.343 e. The van der Waals surface area contributed by atoms with Gasteiger partial charge in [-0.15, -0.1) is 0 Å². The average molecular weight is 991 g/mol. The van der Waals surface area contributed by atoms with E-state index < -0.39 is 11.9 Å². The van der Waals surface area contributed by atoms with E-state index in [1.165, 1.54) is 128 Å². The van der Waals surface area contributed by atoms with Crippen molar-refractivity contribution in [2.45, 2.75) is 206 Å². The van der Waals surface area contributed by atoms with Gasteiger partial charge in [0.25, 0.3) is 0 Å². The van der Waals surface area contributed by atoms with Gasteiger partial charge in [0.2, 0.25) is 0 Å². The van der Waals surface area contributed by atoms with E-state index in [4.69, 9.17) is 28.4 Å². The molecule has 72 heavy (non-hydrogen) atoms.